The average molecular weight is 152 g/mol. The summed E-state index contributed by atoms with van der Waals surface area (Å²) in [6, 6.07) is 0. The van der Waals surface area contributed by atoms with Crippen LogP contribution in [0.1, 0.15) is 0 Å². The van der Waals surface area contributed by atoms with E-state index in [1.165, 1.54) is 47.3 Å². The van der Waals surface area contributed by atoms with E-state index in [-0.39, 0.29) is 0 Å². The molecule has 0 unspecified atom stereocenters. The van der Waals surface area contributed by atoms with E-state index in [4.69, 9.17) is 0 Å². The van der Waals surface area contributed by atoms with Crippen LogP contribution in [-0.4, -0.2) is 0 Å². The van der Waals surface area contributed by atoms with Gasteiger partial charge in [-0.15, -0.1) is 0 Å². The Kier molecular flexibility index (Phi) is 0.144. The Bertz CT molecular complexity index is 368. The molecule has 11 saturated carbocycles. The van der Waals surface area contributed by atoms with Gasteiger partial charge >= 0.3 is 0 Å². The summed E-state index contributed by atoms with van der Waals surface area (Å²) in [5, 5.41) is 0. The van der Waals surface area contributed by atoms with Crippen LogP contribution in [-0.2, 0) is 0 Å². The lowest BCUT2D eigenvalue weighted by Crippen LogP contribution is -3.41. The molecule has 0 heteroatoms. The van der Waals surface area contributed by atoms with Crippen molar-refractivity contribution in [2.75, 3.05) is 0 Å². The first-order chi connectivity index (χ1) is 5.98. The van der Waals surface area contributed by atoms with Crippen LogP contribution < -0.4 is 0 Å². The van der Waals surface area contributed by atoms with Crippen LogP contribution in [0.2, 0.25) is 0 Å². The Balaban J connectivity index is 1.80. The van der Waals surface area contributed by atoms with Crippen LogP contribution in [0.25, 0.3) is 0 Å². The van der Waals surface area contributed by atoms with Crippen molar-refractivity contribution in [3.05, 3.63) is 0 Å². The maximum atomic E-state index is 1.38. The van der Waals surface area contributed by atoms with Gasteiger partial charge in [0.05, 0.1) is 0 Å². The second-order valence-electron chi connectivity index (χ2n) is 7.68. The molecule has 11 fully saturated rings. The summed E-state index contributed by atoms with van der Waals surface area (Å²) in [6.45, 7) is 0. The first kappa shape index (κ1) is 3.63. The van der Waals surface area contributed by atoms with Crippen LogP contribution in [0.4, 0.5) is 0 Å². The molecule has 4 spiro atoms. The lowest BCUT2D eigenvalue weighted by molar-refractivity contribution is -0.979. The molecule has 0 amide bonds. The Labute approximate surface area is 69.7 Å². The molecule has 11 aliphatic carbocycles. The van der Waals surface area contributed by atoms with Gasteiger partial charge in [0, 0.05) is 0 Å². The normalized spacial score (nSPS) is 136. The highest BCUT2D eigenvalue weighted by molar-refractivity contribution is 5.85. The fraction of sp³-hybridized carbons (Fsp3) is 1.00. The quantitative estimate of drug-likeness (QED) is 0.485. The fourth-order valence-electron chi connectivity index (χ4n) is 11.9. The molecule has 0 atom stereocenters. The van der Waals surface area contributed by atoms with Crippen LogP contribution in [0.5, 0.6) is 0 Å². The molecule has 56 valence electrons. The summed E-state index contributed by atoms with van der Waals surface area (Å²) in [6.07, 6.45) is 0. The maximum absolute atomic E-state index is 1.38. The predicted octanol–water partition coefficient (Wildman–Crippen LogP) is 0.984. The molecule has 0 aromatic heterocycles. The standard InChI is InChI=1S/C12H8/c1-2-4-3(1)11-7-5-6-8(7)12(4,11)10(2,6)9(1,5)11/h1-8H. The number of hydrogen-bond acceptors (Lipinski definition) is 0. The third kappa shape index (κ3) is 0.0602. The van der Waals surface area contributed by atoms with Gasteiger partial charge in [-0.25, -0.2) is 0 Å². The minimum absolute atomic E-state index is 1.16. The van der Waals surface area contributed by atoms with Crippen molar-refractivity contribution in [2.24, 2.45) is 69.0 Å². The number of rotatable bonds is 0. The van der Waals surface area contributed by atoms with Gasteiger partial charge in [0.1, 0.15) is 0 Å². The van der Waals surface area contributed by atoms with E-state index in [9.17, 15) is 0 Å². The topological polar surface area (TPSA) is 0 Å². The Morgan fingerprint density at radius 1 is 0.333 bits per heavy atom. The maximum Gasteiger partial charge on any atom is -0.00932 e. The van der Waals surface area contributed by atoms with E-state index >= 15 is 0 Å². The van der Waals surface area contributed by atoms with Crippen molar-refractivity contribution in [1.82, 2.24) is 0 Å². The van der Waals surface area contributed by atoms with Gasteiger partial charge in [0.15, 0.2) is 0 Å². The lowest BCUT2D eigenvalue weighted by Gasteiger charge is -3.43. The number of hydrogen-bond donors (Lipinski definition) is 0. The van der Waals surface area contributed by atoms with Gasteiger partial charge in [-0.2, -0.15) is 0 Å². The molecular weight excluding hydrogens is 144 g/mol. The molecule has 0 heterocycles. The summed E-state index contributed by atoms with van der Waals surface area (Å²) in [5.41, 5.74) is 4.64. The van der Waals surface area contributed by atoms with Gasteiger partial charge in [0.25, 0.3) is 0 Å². The minimum atomic E-state index is 1.16. The van der Waals surface area contributed by atoms with Gasteiger partial charge in [0.2, 0.25) is 0 Å². The highest BCUT2D eigenvalue weighted by atomic mass is 15.4. The molecule has 0 radical (unpaired) electrons. The zero-order chi connectivity index (χ0) is 6.62. The zero-order valence-electron chi connectivity index (χ0n) is 6.62. The van der Waals surface area contributed by atoms with Crippen molar-refractivity contribution in [1.29, 1.82) is 0 Å². The first-order valence-electron chi connectivity index (χ1n) is 5.98. The second kappa shape index (κ2) is 0.477. The van der Waals surface area contributed by atoms with Crippen LogP contribution in [0, 0.1) is 69.0 Å². The van der Waals surface area contributed by atoms with Crippen molar-refractivity contribution >= 4 is 0 Å². The van der Waals surface area contributed by atoms with Gasteiger partial charge < -0.3 is 0 Å². The van der Waals surface area contributed by atoms with Gasteiger partial charge in [-0.3, -0.25) is 0 Å². The van der Waals surface area contributed by atoms with Gasteiger partial charge in [-0.05, 0) is 69.0 Å². The second-order valence-corrected chi connectivity index (χ2v) is 7.68. The molecule has 12 heavy (non-hydrogen) atoms. The monoisotopic (exact) mass is 152 g/mol. The molecule has 0 aliphatic heterocycles. The molecule has 11 rings (SSSR count). The van der Waals surface area contributed by atoms with Crippen molar-refractivity contribution in [2.45, 2.75) is 0 Å². The Morgan fingerprint density at radius 2 is 0.500 bits per heavy atom. The van der Waals surface area contributed by atoms with E-state index in [1.807, 2.05) is 0 Å². The largest absolute Gasteiger partial charge is 0.0269 e. The van der Waals surface area contributed by atoms with Crippen molar-refractivity contribution < 1.29 is 0 Å². The highest BCUT2D eigenvalue weighted by Gasteiger charge is 3.40. The fourth-order valence-corrected chi connectivity index (χ4v) is 11.9. The highest BCUT2D eigenvalue weighted by Crippen LogP contribution is 3.42. The molecule has 0 N–H and O–H groups in total. The summed E-state index contributed by atoms with van der Waals surface area (Å²) >= 11 is 0. The smallest absolute Gasteiger partial charge is 0.00932 e. The first-order valence-corrected chi connectivity index (χ1v) is 5.98. The zero-order valence-corrected chi connectivity index (χ0v) is 6.62. The lowest BCUT2D eigenvalue weighted by atomic mass is 8.60. The third-order valence-electron chi connectivity index (χ3n) is 10.0. The van der Waals surface area contributed by atoms with E-state index in [2.05, 4.69) is 0 Å². The van der Waals surface area contributed by atoms with E-state index in [0.717, 1.165) is 21.7 Å². The Hall–Kier alpha value is 0. The van der Waals surface area contributed by atoms with Crippen molar-refractivity contribution in [3.8, 4) is 0 Å². The molecular formula is C12H8. The summed E-state index contributed by atoms with van der Waals surface area (Å²) in [7, 11) is 0. The molecule has 11 aliphatic rings. The average Bonchev–Trinajstić information content (AvgIpc) is 1.93. The van der Waals surface area contributed by atoms with Crippen LogP contribution in [0.15, 0.2) is 0 Å². The molecule has 0 nitrogen and oxygen atoms in total. The molecule has 0 aromatic rings. The predicted molar refractivity (Wildman–Crippen MR) is 37.7 cm³/mol. The van der Waals surface area contributed by atoms with E-state index in [0.29, 0.717) is 0 Å². The summed E-state index contributed by atoms with van der Waals surface area (Å²) in [4.78, 5) is 0. The van der Waals surface area contributed by atoms with Crippen LogP contribution >= 0.6 is 0 Å². The molecule has 0 bridgehead atoms. The van der Waals surface area contributed by atoms with Crippen LogP contribution in [0.3, 0.4) is 0 Å². The minimum Gasteiger partial charge on any atom is -0.0269 e. The molecule has 0 saturated heterocycles. The van der Waals surface area contributed by atoms with Crippen molar-refractivity contribution in [3.63, 3.8) is 0 Å². The van der Waals surface area contributed by atoms with E-state index in [1.54, 1.807) is 0 Å². The van der Waals surface area contributed by atoms with E-state index < -0.39 is 0 Å². The molecule has 0 aromatic carbocycles. The van der Waals surface area contributed by atoms with Gasteiger partial charge in [-0.1, -0.05) is 0 Å². The SMILES string of the molecule is C12C3C4C1C15C6C7C8C6C41C38C275. The Morgan fingerprint density at radius 3 is 0.667 bits per heavy atom. The third-order valence-corrected chi connectivity index (χ3v) is 10.0. The summed E-state index contributed by atoms with van der Waals surface area (Å²) in [5.74, 6) is 11.0. The summed E-state index contributed by atoms with van der Waals surface area (Å²) < 4.78 is 0.